The molecule has 2 rings (SSSR count). The SMILES string of the molecule is CN=C(NCCOC1CCCCCC1)N1CCC(COC)C1. The molecule has 1 atom stereocenters. The third kappa shape index (κ3) is 5.76. The molecule has 1 aliphatic heterocycles. The standard InChI is InChI=1S/C17H33N3O2/c1-18-17(20-11-9-15(13-20)14-21-2)19-10-12-22-16-7-5-3-4-6-8-16/h15-16H,3-14H2,1-2H3,(H,18,19). The van der Waals surface area contributed by atoms with E-state index in [1.165, 1.54) is 44.9 Å². The number of guanidine groups is 1. The number of hydrogen-bond donors (Lipinski definition) is 1. The minimum Gasteiger partial charge on any atom is -0.384 e. The molecule has 1 saturated carbocycles. The Labute approximate surface area is 135 Å². The molecule has 0 aromatic carbocycles. The Morgan fingerprint density at radius 1 is 1.18 bits per heavy atom. The van der Waals surface area contributed by atoms with Crippen LogP contribution in [0, 0.1) is 5.92 Å². The second-order valence-electron chi connectivity index (χ2n) is 6.51. The van der Waals surface area contributed by atoms with Gasteiger partial charge in [0.05, 0.1) is 19.3 Å². The van der Waals surface area contributed by atoms with E-state index < -0.39 is 0 Å². The summed E-state index contributed by atoms with van der Waals surface area (Å²) in [5.74, 6) is 1.63. The number of nitrogens with zero attached hydrogens (tertiary/aromatic N) is 2. The number of ether oxygens (including phenoxy) is 2. The van der Waals surface area contributed by atoms with E-state index >= 15 is 0 Å². The third-order valence-corrected chi connectivity index (χ3v) is 4.74. The highest BCUT2D eigenvalue weighted by Gasteiger charge is 2.24. The summed E-state index contributed by atoms with van der Waals surface area (Å²) in [4.78, 5) is 6.73. The molecule has 128 valence electrons. The minimum absolute atomic E-state index is 0.476. The molecule has 0 bridgehead atoms. The first-order valence-electron chi connectivity index (χ1n) is 8.89. The van der Waals surface area contributed by atoms with Crippen LogP contribution in [0.15, 0.2) is 4.99 Å². The fourth-order valence-electron chi connectivity index (χ4n) is 3.53. The average molecular weight is 311 g/mol. The second kappa shape index (κ2) is 10.1. The van der Waals surface area contributed by atoms with Gasteiger partial charge < -0.3 is 19.7 Å². The summed E-state index contributed by atoms with van der Waals surface area (Å²) in [5.41, 5.74) is 0. The highest BCUT2D eigenvalue weighted by Crippen LogP contribution is 2.19. The third-order valence-electron chi connectivity index (χ3n) is 4.74. The van der Waals surface area contributed by atoms with Crippen LogP contribution in [0.4, 0.5) is 0 Å². The van der Waals surface area contributed by atoms with Gasteiger partial charge in [-0.05, 0) is 19.3 Å². The Morgan fingerprint density at radius 2 is 1.95 bits per heavy atom. The van der Waals surface area contributed by atoms with Crippen molar-refractivity contribution in [1.82, 2.24) is 10.2 Å². The predicted octanol–water partition coefficient (Wildman–Crippen LogP) is 2.27. The average Bonchev–Trinajstić information content (AvgIpc) is 2.83. The number of likely N-dealkylation sites (tertiary alicyclic amines) is 1. The Balaban J connectivity index is 1.62. The van der Waals surface area contributed by atoms with E-state index in [2.05, 4.69) is 15.2 Å². The van der Waals surface area contributed by atoms with E-state index in [0.717, 1.165) is 38.8 Å². The van der Waals surface area contributed by atoms with Crippen molar-refractivity contribution in [2.24, 2.45) is 10.9 Å². The van der Waals surface area contributed by atoms with Crippen molar-refractivity contribution in [3.63, 3.8) is 0 Å². The Morgan fingerprint density at radius 3 is 2.64 bits per heavy atom. The van der Waals surface area contributed by atoms with Crippen molar-refractivity contribution in [2.75, 3.05) is 47.0 Å². The van der Waals surface area contributed by atoms with Crippen LogP contribution >= 0.6 is 0 Å². The molecule has 1 N–H and O–H groups in total. The fourth-order valence-corrected chi connectivity index (χ4v) is 3.53. The Bertz CT molecular complexity index is 328. The van der Waals surface area contributed by atoms with Crippen molar-refractivity contribution >= 4 is 5.96 Å². The molecule has 0 radical (unpaired) electrons. The number of aliphatic imine (C=N–C) groups is 1. The van der Waals surface area contributed by atoms with Crippen LogP contribution in [-0.4, -0.2) is 64.0 Å². The Kier molecular flexibility index (Phi) is 8.02. The van der Waals surface area contributed by atoms with Gasteiger partial charge in [0.15, 0.2) is 5.96 Å². The van der Waals surface area contributed by atoms with Gasteiger partial charge in [0.2, 0.25) is 0 Å². The normalized spacial score (nSPS) is 24.5. The smallest absolute Gasteiger partial charge is 0.193 e. The monoisotopic (exact) mass is 311 g/mol. The van der Waals surface area contributed by atoms with E-state index in [9.17, 15) is 0 Å². The van der Waals surface area contributed by atoms with Crippen molar-refractivity contribution in [1.29, 1.82) is 0 Å². The molecule has 1 unspecified atom stereocenters. The lowest BCUT2D eigenvalue weighted by Crippen LogP contribution is -2.41. The first-order valence-corrected chi connectivity index (χ1v) is 8.89. The van der Waals surface area contributed by atoms with E-state index in [-0.39, 0.29) is 0 Å². The largest absolute Gasteiger partial charge is 0.384 e. The van der Waals surface area contributed by atoms with Crippen molar-refractivity contribution < 1.29 is 9.47 Å². The van der Waals surface area contributed by atoms with E-state index in [4.69, 9.17) is 9.47 Å². The maximum absolute atomic E-state index is 6.02. The number of hydrogen-bond acceptors (Lipinski definition) is 3. The molecule has 0 amide bonds. The van der Waals surface area contributed by atoms with Crippen molar-refractivity contribution in [2.45, 2.75) is 51.0 Å². The van der Waals surface area contributed by atoms with Gasteiger partial charge in [-0.3, -0.25) is 4.99 Å². The fraction of sp³-hybridized carbons (Fsp3) is 0.941. The first kappa shape index (κ1) is 17.5. The summed E-state index contributed by atoms with van der Waals surface area (Å²) in [5, 5.41) is 3.44. The van der Waals surface area contributed by atoms with Crippen LogP contribution in [0.5, 0.6) is 0 Å². The number of rotatable bonds is 6. The summed E-state index contributed by atoms with van der Waals surface area (Å²) in [6.07, 6.45) is 9.55. The zero-order chi connectivity index (χ0) is 15.6. The van der Waals surface area contributed by atoms with E-state index in [1.54, 1.807) is 7.11 Å². The number of nitrogens with one attached hydrogen (secondary N) is 1. The summed E-state index contributed by atoms with van der Waals surface area (Å²) in [6, 6.07) is 0. The van der Waals surface area contributed by atoms with Gasteiger partial charge in [-0.2, -0.15) is 0 Å². The molecule has 2 fully saturated rings. The van der Waals surface area contributed by atoms with Gasteiger partial charge in [0, 0.05) is 39.7 Å². The van der Waals surface area contributed by atoms with Gasteiger partial charge in [-0.15, -0.1) is 0 Å². The lowest BCUT2D eigenvalue weighted by molar-refractivity contribution is 0.0466. The van der Waals surface area contributed by atoms with Crippen LogP contribution in [0.1, 0.15) is 44.9 Å². The molecule has 0 aromatic rings. The van der Waals surface area contributed by atoms with Gasteiger partial charge >= 0.3 is 0 Å². The van der Waals surface area contributed by atoms with Crippen molar-refractivity contribution in [3.8, 4) is 0 Å². The molecular weight excluding hydrogens is 278 g/mol. The van der Waals surface area contributed by atoms with Crippen LogP contribution in [0.2, 0.25) is 0 Å². The van der Waals surface area contributed by atoms with E-state index in [0.29, 0.717) is 12.0 Å². The minimum atomic E-state index is 0.476. The lowest BCUT2D eigenvalue weighted by Gasteiger charge is -2.22. The van der Waals surface area contributed by atoms with Gasteiger partial charge in [0.25, 0.3) is 0 Å². The molecule has 22 heavy (non-hydrogen) atoms. The van der Waals surface area contributed by atoms with Crippen LogP contribution in [0.3, 0.4) is 0 Å². The molecule has 5 nitrogen and oxygen atoms in total. The molecule has 0 spiro atoms. The second-order valence-corrected chi connectivity index (χ2v) is 6.51. The van der Waals surface area contributed by atoms with Gasteiger partial charge in [0.1, 0.15) is 0 Å². The van der Waals surface area contributed by atoms with Gasteiger partial charge in [-0.1, -0.05) is 25.7 Å². The summed E-state index contributed by atoms with van der Waals surface area (Å²) >= 11 is 0. The maximum Gasteiger partial charge on any atom is 0.193 e. The summed E-state index contributed by atoms with van der Waals surface area (Å²) in [6.45, 7) is 4.57. The summed E-state index contributed by atoms with van der Waals surface area (Å²) in [7, 11) is 3.64. The van der Waals surface area contributed by atoms with Crippen LogP contribution < -0.4 is 5.32 Å². The zero-order valence-corrected chi connectivity index (χ0v) is 14.4. The topological polar surface area (TPSA) is 46.1 Å². The number of methoxy groups -OCH3 is 1. The molecule has 5 heteroatoms. The molecule has 0 aromatic heterocycles. The quantitative estimate of drug-likeness (QED) is 0.354. The first-order chi connectivity index (χ1) is 10.8. The zero-order valence-electron chi connectivity index (χ0n) is 14.4. The van der Waals surface area contributed by atoms with Crippen LogP contribution in [0.25, 0.3) is 0 Å². The van der Waals surface area contributed by atoms with Crippen molar-refractivity contribution in [3.05, 3.63) is 0 Å². The van der Waals surface area contributed by atoms with Gasteiger partial charge in [-0.25, -0.2) is 0 Å². The lowest BCUT2D eigenvalue weighted by atomic mass is 10.1. The molecule has 1 heterocycles. The highest BCUT2D eigenvalue weighted by atomic mass is 16.5. The van der Waals surface area contributed by atoms with E-state index in [1.807, 2.05) is 7.05 Å². The molecule has 1 saturated heterocycles. The van der Waals surface area contributed by atoms with Crippen LogP contribution in [-0.2, 0) is 9.47 Å². The Hall–Kier alpha value is -0.810. The predicted molar refractivity (Wildman–Crippen MR) is 90.4 cm³/mol. The summed E-state index contributed by atoms with van der Waals surface area (Å²) < 4.78 is 11.3. The molecule has 2 aliphatic rings. The molecule has 1 aliphatic carbocycles. The highest BCUT2D eigenvalue weighted by molar-refractivity contribution is 5.80. The molecular formula is C17H33N3O2. The maximum atomic E-state index is 6.02.